The van der Waals surface area contributed by atoms with Gasteiger partial charge >= 0.3 is 0 Å². The second kappa shape index (κ2) is 4.75. The highest BCUT2D eigenvalue weighted by atomic mass is 35.5. The zero-order chi connectivity index (χ0) is 13.3. The van der Waals surface area contributed by atoms with Crippen LogP contribution in [0.25, 0.3) is 0 Å². The number of rotatable bonds is 3. The molecule has 0 atom stereocenters. The fourth-order valence-corrected chi connectivity index (χ4v) is 3.73. The standard InChI is InChI=1S/C10H10ClN3O2S2/c1-6-4-9(13-5-7(6)12)14-18(15,16)10-3-2-8(11)17-10/h2-5H,12H2,1H3,(H,13,14). The highest BCUT2D eigenvalue weighted by molar-refractivity contribution is 7.94. The Morgan fingerprint density at radius 2 is 2.17 bits per heavy atom. The number of nitrogens with one attached hydrogen (secondary N) is 1. The van der Waals surface area contributed by atoms with Gasteiger partial charge in [-0.2, -0.15) is 0 Å². The van der Waals surface area contributed by atoms with E-state index in [0.29, 0.717) is 10.0 Å². The van der Waals surface area contributed by atoms with E-state index in [0.717, 1.165) is 16.9 Å². The normalized spacial score (nSPS) is 11.4. The van der Waals surface area contributed by atoms with E-state index in [1.165, 1.54) is 18.3 Å². The summed E-state index contributed by atoms with van der Waals surface area (Å²) in [6.07, 6.45) is 1.41. The Morgan fingerprint density at radius 3 is 2.72 bits per heavy atom. The van der Waals surface area contributed by atoms with Gasteiger partial charge in [0.2, 0.25) is 0 Å². The van der Waals surface area contributed by atoms with Crippen LogP contribution in [0.1, 0.15) is 5.56 Å². The van der Waals surface area contributed by atoms with Gasteiger partial charge in [0.15, 0.2) is 0 Å². The Morgan fingerprint density at radius 1 is 1.44 bits per heavy atom. The van der Waals surface area contributed by atoms with Crippen molar-refractivity contribution in [2.24, 2.45) is 0 Å². The molecule has 0 spiro atoms. The molecule has 0 fully saturated rings. The number of aromatic nitrogens is 1. The van der Waals surface area contributed by atoms with Crippen LogP contribution in [-0.4, -0.2) is 13.4 Å². The van der Waals surface area contributed by atoms with Crippen LogP contribution in [0.5, 0.6) is 0 Å². The fourth-order valence-electron chi connectivity index (χ4n) is 1.25. The van der Waals surface area contributed by atoms with Gasteiger partial charge in [-0.05, 0) is 30.7 Å². The number of hydrogen-bond acceptors (Lipinski definition) is 5. The topological polar surface area (TPSA) is 85.1 Å². The number of nitrogens with two attached hydrogens (primary N) is 1. The van der Waals surface area contributed by atoms with E-state index >= 15 is 0 Å². The van der Waals surface area contributed by atoms with Crippen molar-refractivity contribution < 1.29 is 8.42 Å². The van der Waals surface area contributed by atoms with Crippen molar-refractivity contribution in [3.05, 3.63) is 34.3 Å². The van der Waals surface area contributed by atoms with Crippen LogP contribution in [0.3, 0.4) is 0 Å². The van der Waals surface area contributed by atoms with Gasteiger partial charge in [-0.25, -0.2) is 13.4 Å². The maximum atomic E-state index is 12.0. The third kappa shape index (κ3) is 2.74. The smallest absolute Gasteiger partial charge is 0.272 e. The molecule has 2 heterocycles. The zero-order valence-corrected chi connectivity index (χ0v) is 11.7. The average Bonchev–Trinajstić information content (AvgIpc) is 2.71. The lowest BCUT2D eigenvalue weighted by molar-refractivity contribution is 0.603. The minimum absolute atomic E-state index is 0.142. The summed E-state index contributed by atoms with van der Waals surface area (Å²) in [5.74, 6) is 0.228. The van der Waals surface area contributed by atoms with Crippen molar-refractivity contribution in [3.63, 3.8) is 0 Å². The molecule has 2 rings (SSSR count). The Kier molecular flexibility index (Phi) is 3.47. The molecule has 18 heavy (non-hydrogen) atoms. The van der Waals surface area contributed by atoms with Crippen molar-refractivity contribution >= 4 is 44.5 Å². The van der Waals surface area contributed by atoms with Crippen LogP contribution in [0.2, 0.25) is 4.34 Å². The first kappa shape index (κ1) is 13.1. The summed E-state index contributed by atoms with van der Waals surface area (Å²) < 4.78 is 26.9. The van der Waals surface area contributed by atoms with Gasteiger partial charge in [0.1, 0.15) is 10.0 Å². The molecule has 0 saturated carbocycles. The van der Waals surface area contributed by atoms with Gasteiger partial charge in [0, 0.05) is 0 Å². The van der Waals surface area contributed by atoms with Gasteiger partial charge in [0.25, 0.3) is 10.0 Å². The molecule has 3 N–H and O–H groups in total. The van der Waals surface area contributed by atoms with Crippen molar-refractivity contribution in [2.45, 2.75) is 11.1 Å². The molecule has 96 valence electrons. The van der Waals surface area contributed by atoms with Crippen LogP contribution in [0.4, 0.5) is 11.5 Å². The maximum absolute atomic E-state index is 12.0. The largest absolute Gasteiger partial charge is 0.397 e. The molecule has 0 unspecified atom stereocenters. The summed E-state index contributed by atoms with van der Waals surface area (Å²) in [7, 11) is -3.64. The number of sulfonamides is 1. The molecule has 0 radical (unpaired) electrons. The van der Waals surface area contributed by atoms with Crippen LogP contribution >= 0.6 is 22.9 Å². The molecule has 0 aliphatic heterocycles. The molecule has 5 nitrogen and oxygen atoms in total. The minimum atomic E-state index is -3.64. The van der Waals surface area contributed by atoms with Crippen molar-refractivity contribution in [1.29, 1.82) is 0 Å². The number of aryl methyl sites for hydroxylation is 1. The predicted molar refractivity (Wildman–Crippen MR) is 73.5 cm³/mol. The monoisotopic (exact) mass is 303 g/mol. The first-order valence-corrected chi connectivity index (χ1v) is 7.56. The fraction of sp³-hybridized carbons (Fsp3) is 0.100. The van der Waals surface area contributed by atoms with E-state index < -0.39 is 10.0 Å². The average molecular weight is 304 g/mol. The molecule has 0 aliphatic rings. The molecule has 8 heteroatoms. The summed E-state index contributed by atoms with van der Waals surface area (Å²) in [5, 5.41) is 0. The summed E-state index contributed by atoms with van der Waals surface area (Å²) in [4.78, 5) is 3.91. The number of nitrogens with zero attached hydrogens (tertiary/aromatic N) is 1. The Hall–Kier alpha value is -1.31. The quantitative estimate of drug-likeness (QED) is 0.912. The second-order valence-corrected chi connectivity index (χ2v) is 7.21. The lowest BCUT2D eigenvalue weighted by Gasteiger charge is -2.07. The lowest BCUT2D eigenvalue weighted by Crippen LogP contribution is -2.12. The molecule has 0 bridgehead atoms. The van der Waals surface area contributed by atoms with E-state index in [9.17, 15) is 8.42 Å². The molecule has 0 amide bonds. The summed E-state index contributed by atoms with van der Waals surface area (Å²) in [6.45, 7) is 1.77. The molecular weight excluding hydrogens is 294 g/mol. The molecule has 0 saturated heterocycles. The Balaban J connectivity index is 2.30. The first-order valence-electron chi connectivity index (χ1n) is 4.89. The zero-order valence-electron chi connectivity index (χ0n) is 9.34. The summed E-state index contributed by atoms with van der Waals surface area (Å²) in [6, 6.07) is 4.55. The van der Waals surface area contributed by atoms with Gasteiger partial charge in [-0.1, -0.05) is 11.6 Å². The number of anilines is 2. The molecule has 2 aromatic rings. The minimum Gasteiger partial charge on any atom is -0.397 e. The van der Waals surface area contributed by atoms with Crippen molar-refractivity contribution in [2.75, 3.05) is 10.5 Å². The molecule has 0 aliphatic carbocycles. The highest BCUT2D eigenvalue weighted by Crippen LogP contribution is 2.27. The third-order valence-electron chi connectivity index (χ3n) is 2.20. The summed E-state index contributed by atoms with van der Waals surface area (Å²) in [5.41, 5.74) is 6.88. The number of hydrogen-bond donors (Lipinski definition) is 2. The lowest BCUT2D eigenvalue weighted by atomic mass is 10.2. The Bertz CT molecular complexity index is 682. The van der Waals surface area contributed by atoms with Crippen molar-refractivity contribution in [1.82, 2.24) is 4.98 Å². The van der Waals surface area contributed by atoms with E-state index in [1.54, 1.807) is 13.0 Å². The van der Waals surface area contributed by atoms with Crippen LogP contribution in [0.15, 0.2) is 28.6 Å². The third-order valence-corrected chi connectivity index (χ3v) is 5.28. The molecule has 2 aromatic heterocycles. The molecular formula is C10H10ClN3O2S2. The summed E-state index contributed by atoms with van der Waals surface area (Å²) >= 11 is 6.69. The van der Waals surface area contributed by atoms with Crippen LogP contribution in [-0.2, 0) is 10.0 Å². The number of thiophene rings is 1. The van der Waals surface area contributed by atoms with Gasteiger partial charge < -0.3 is 5.73 Å². The maximum Gasteiger partial charge on any atom is 0.272 e. The van der Waals surface area contributed by atoms with E-state index in [1.807, 2.05) is 0 Å². The number of pyridine rings is 1. The van der Waals surface area contributed by atoms with E-state index in [4.69, 9.17) is 17.3 Å². The SMILES string of the molecule is Cc1cc(NS(=O)(=O)c2ccc(Cl)s2)ncc1N. The van der Waals surface area contributed by atoms with Gasteiger partial charge in [0.05, 0.1) is 16.2 Å². The number of halogens is 1. The van der Waals surface area contributed by atoms with E-state index in [-0.39, 0.29) is 10.0 Å². The van der Waals surface area contributed by atoms with Crippen LogP contribution < -0.4 is 10.5 Å². The van der Waals surface area contributed by atoms with Gasteiger partial charge in [-0.15, -0.1) is 11.3 Å². The second-order valence-electron chi connectivity index (χ2n) is 3.59. The highest BCUT2D eigenvalue weighted by Gasteiger charge is 2.17. The molecule has 0 aromatic carbocycles. The predicted octanol–water partition coefficient (Wildman–Crippen LogP) is 2.49. The Labute approximate surface area is 114 Å². The van der Waals surface area contributed by atoms with Crippen LogP contribution in [0, 0.1) is 6.92 Å². The van der Waals surface area contributed by atoms with Crippen molar-refractivity contribution in [3.8, 4) is 0 Å². The van der Waals surface area contributed by atoms with Gasteiger partial charge in [-0.3, -0.25) is 4.72 Å². The van der Waals surface area contributed by atoms with E-state index in [2.05, 4.69) is 9.71 Å². The first-order chi connectivity index (χ1) is 8.38. The number of nitrogen functional groups attached to an aromatic ring is 1.